The predicted octanol–water partition coefficient (Wildman–Crippen LogP) is 2.71. The molecule has 1 heterocycles. The van der Waals surface area contributed by atoms with Gasteiger partial charge in [0.05, 0.1) is 24.5 Å². The third-order valence-corrected chi connectivity index (χ3v) is 3.42. The number of rotatable bonds is 4. The Bertz CT molecular complexity index is 557. The average molecular weight is 271 g/mol. The van der Waals surface area contributed by atoms with Gasteiger partial charge in [-0.25, -0.2) is 0 Å². The van der Waals surface area contributed by atoms with Crippen molar-refractivity contribution in [3.05, 3.63) is 52.3 Å². The minimum absolute atomic E-state index is 0.256. The summed E-state index contributed by atoms with van der Waals surface area (Å²) >= 11 is 0. The fraction of sp³-hybridized carbons (Fsp3) is 0.375. The van der Waals surface area contributed by atoms with E-state index in [4.69, 9.17) is 10.5 Å². The van der Waals surface area contributed by atoms with E-state index in [1.165, 1.54) is 0 Å². The van der Waals surface area contributed by atoms with Gasteiger partial charge in [-0.05, 0) is 38.0 Å². The number of aromatic nitrogens is 2. The van der Waals surface area contributed by atoms with E-state index in [1.807, 2.05) is 32.0 Å². The van der Waals surface area contributed by atoms with Gasteiger partial charge in [-0.2, -0.15) is 10.2 Å². The molecule has 0 spiro atoms. The van der Waals surface area contributed by atoms with E-state index in [9.17, 15) is 0 Å². The summed E-state index contributed by atoms with van der Waals surface area (Å²) in [6.07, 6.45) is 0.810. The number of aryl methyl sites for hydroxylation is 3. The zero-order valence-corrected chi connectivity index (χ0v) is 12.5. The molecule has 0 aliphatic carbocycles. The standard InChI is InChI=1S/C16H21N3O/c1-5-14-12(9-11(3)18-19-14)16(17)13-8-10(2)6-7-15(13)20-4/h6-9,16H,5,17H2,1-4H3. The molecule has 1 atom stereocenters. The fourth-order valence-electron chi connectivity index (χ4n) is 2.34. The Morgan fingerprint density at radius 3 is 2.55 bits per heavy atom. The van der Waals surface area contributed by atoms with Gasteiger partial charge in [0.25, 0.3) is 0 Å². The summed E-state index contributed by atoms with van der Waals surface area (Å²) in [5.41, 5.74) is 11.4. The summed E-state index contributed by atoms with van der Waals surface area (Å²) < 4.78 is 5.43. The summed E-state index contributed by atoms with van der Waals surface area (Å²) in [6, 6.07) is 7.80. The molecule has 106 valence electrons. The molecule has 0 saturated carbocycles. The maximum absolute atomic E-state index is 6.46. The summed E-state index contributed by atoms with van der Waals surface area (Å²) in [4.78, 5) is 0. The number of ether oxygens (including phenoxy) is 1. The van der Waals surface area contributed by atoms with Crippen LogP contribution in [0.1, 0.15) is 41.0 Å². The van der Waals surface area contributed by atoms with Gasteiger partial charge in [0.15, 0.2) is 0 Å². The predicted molar refractivity (Wildman–Crippen MR) is 79.9 cm³/mol. The van der Waals surface area contributed by atoms with E-state index in [-0.39, 0.29) is 6.04 Å². The van der Waals surface area contributed by atoms with Gasteiger partial charge >= 0.3 is 0 Å². The zero-order chi connectivity index (χ0) is 14.7. The molecule has 0 saturated heterocycles. The van der Waals surface area contributed by atoms with Gasteiger partial charge in [-0.3, -0.25) is 0 Å². The lowest BCUT2D eigenvalue weighted by atomic mass is 9.95. The van der Waals surface area contributed by atoms with E-state index < -0.39 is 0 Å². The first-order valence-corrected chi connectivity index (χ1v) is 6.80. The van der Waals surface area contributed by atoms with E-state index >= 15 is 0 Å². The number of methoxy groups -OCH3 is 1. The van der Waals surface area contributed by atoms with Gasteiger partial charge in [0, 0.05) is 5.56 Å². The lowest BCUT2D eigenvalue weighted by Crippen LogP contribution is -2.17. The Balaban J connectivity index is 2.53. The molecule has 1 aromatic carbocycles. The van der Waals surface area contributed by atoms with Crippen molar-refractivity contribution in [2.24, 2.45) is 5.73 Å². The van der Waals surface area contributed by atoms with E-state index in [0.29, 0.717) is 0 Å². The second kappa shape index (κ2) is 6.01. The number of hydrogen-bond donors (Lipinski definition) is 1. The van der Waals surface area contributed by atoms with Crippen molar-refractivity contribution in [1.82, 2.24) is 10.2 Å². The lowest BCUT2D eigenvalue weighted by molar-refractivity contribution is 0.407. The topological polar surface area (TPSA) is 61.0 Å². The van der Waals surface area contributed by atoms with Crippen LogP contribution in [0.25, 0.3) is 0 Å². The summed E-state index contributed by atoms with van der Waals surface area (Å²) in [5.74, 6) is 0.805. The van der Waals surface area contributed by atoms with Gasteiger partial charge in [0.2, 0.25) is 0 Å². The third kappa shape index (κ3) is 2.80. The number of nitrogens with zero attached hydrogens (tertiary/aromatic N) is 2. The molecule has 20 heavy (non-hydrogen) atoms. The van der Waals surface area contributed by atoms with Crippen molar-refractivity contribution in [1.29, 1.82) is 0 Å². The van der Waals surface area contributed by atoms with Crippen molar-refractivity contribution >= 4 is 0 Å². The Morgan fingerprint density at radius 2 is 1.90 bits per heavy atom. The quantitative estimate of drug-likeness (QED) is 0.928. The van der Waals surface area contributed by atoms with E-state index in [0.717, 1.165) is 40.2 Å². The van der Waals surface area contributed by atoms with Gasteiger partial charge < -0.3 is 10.5 Å². The van der Waals surface area contributed by atoms with Crippen molar-refractivity contribution in [2.45, 2.75) is 33.2 Å². The highest BCUT2D eigenvalue weighted by Gasteiger charge is 2.18. The molecule has 1 unspecified atom stereocenters. The zero-order valence-electron chi connectivity index (χ0n) is 12.5. The number of nitrogens with two attached hydrogens (primary N) is 1. The molecular formula is C16H21N3O. The minimum atomic E-state index is -0.256. The molecule has 0 radical (unpaired) electrons. The molecule has 0 amide bonds. The van der Waals surface area contributed by atoms with Crippen LogP contribution in [-0.2, 0) is 6.42 Å². The van der Waals surface area contributed by atoms with Crippen LogP contribution in [0, 0.1) is 13.8 Å². The largest absolute Gasteiger partial charge is 0.496 e. The molecule has 2 aromatic rings. The van der Waals surface area contributed by atoms with Gasteiger partial charge in [-0.15, -0.1) is 0 Å². The van der Waals surface area contributed by atoms with Crippen LogP contribution >= 0.6 is 0 Å². The highest BCUT2D eigenvalue weighted by atomic mass is 16.5. The van der Waals surface area contributed by atoms with Crippen LogP contribution in [0.5, 0.6) is 5.75 Å². The SMILES string of the molecule is CCc1nnc(C)cc1C(N)c1cc(C)ccc1OC. The molecule has 0 bridgehead atoms. The summed E-state index contributed by atoms with van der Waals surface area (Å²) in [6.45, 7) is 6.03. The van der Waals surface area contributed by atoms with Crippen LogP contribution < -0.4 is 10.5 Å². The molecule has 2 rings (SSSR count). The maximum Gasteiger partial charge on any atom is 0.123 e. The van der Waals surface area contributed by atoms with Crippen LogP contribution in [0.15, 0.2) is 24.3 Å². The Kier molecular flexibility index (Phi) is 4.35. The van der Waals surface area contributed by atoms with E-state index in [2.05, 4.69) is 23.2 Å². The van der Waals surface area contributed by atoms with Crippen LogP contribution in [0.4, 0.5) is 0 Å². The van der Waals surface area contributed by atoms with Crippen LogP contribution in [0.3, 0.4) is 0 Å². The second-order valence-corrected chi connectivity index (χ2v) is 4.96. The first kappa shape index (κ1) is 14.5. The van der Waals surface area contributed by atoms with Crippen molar-refractivity contribution in [3.63, 3.8) is 0 Å². The molecular weight excluding hydrogens is 250 g/mol. The first-order valence-electron chi connectivity index (χ1n) is 6.80. The first-order chi connectivity index (χ1) is 9.56. The molecule has 0 aliphatic rings. The molecule has 0 fully saturated rings. The van der Waals surface area contributed by atoms with Crippen molar-refractivity contribution in [3.8, 4) is 5.75 Å². The minimum Gasteiger partial charge on any atom is -0.496 e. The van der Waals surface area contributed by atoms with E-state index in [1.54, 1.807) is 7.11 Å². The summed E-state index contributed by atoms with van der Waals surface area (Å²) in [7, 11) is 1.66. The molecule has 1 aromatic heterocycles. The van der Waals surface area contributed by atoms with Crippen molar-refractivity contribution in [2.75, 3.05) is 7.11 Å². The van der Waals surface area contributed by atoms with Gasteiger partial charge in [0.1, 0.15) is 5.75 Å². The Labute approximate surface area is 120 Å². The summed E-state index contributed by atoms with van der Waals surface area (Å²) in [5, 5.41) is 8.36. The molecule has 2 N–H and O–H groups in total. The Morgan fingerprint density at radius 1 is 1.15 bits per heavy atom. The van der Waals surface area contributed by atoms with Gasteiger partial charge in [-0.1, -0.05) is 24.6 Å². The average Bonchev–Trinajstić information content (AvgIpc) is 2.46. The van der Waals surface area contributed by atoms with Crippen LogP contribution in [0.2, 0.25) is 0 Å². The maximum atomic E-state index is 6.46. The van der Waals surface area contributed by atoms with Crippen LogP contribution in [-0.4, -0.2) is 17.3 Å². The highest BCUT2D eigenvalue weighted by Crippen LogP contribution is 2.30. The number of hydrogen-bond acceptors (Lipinski definition) is 4. The fourth-order valence-corrected chi connectivity index (χ4v) is 2.34. The lowest BCUT2D eigenvalue weighted by Gasteiger charge is -2.19. The molecule has 4 nitrogen and oxygen atoms in total. The number of benzene rings is 1. The smallest absolute Gasteiger partial charge is 0.123 e. The molecule has 0 aliphatic heterocycles. The Hall–Kier alpha value is -1.94. The normalized spacial score (nSPS) is 12.2. The monoisotopic (exact) mass is 271 g/mol. The second-order valence-electron chi connectivity index (χ2n) is 4.96. The third-order valence-electron chi connectivity index (χ3n) is 3.42. The molecule has 4 heteroatoms. The van der Waals surface area contributed by atoms with Crippen molar-refractivity contribution < 1.29 is 4.74 Å². The highest BCUT2D eigenvalue weighted by molar-refractivity contribution is 5.44.